The molecule has 2 unspecified atom stereocenters. The number of aromatic nitrogens is 2. The third kappa shape index (κ3) is 4.70. The number of likely N-dealkylation sites (tertiary alicyclic amines) is 2. The minimum atomic E-state index is -4.63. The Bertz CT molecular complexity index is 1230. The van der Waals surface area contributed by atoms with Crippen molar-refractivity contribution in [3.63, 3.8) is 0 Å². The molecule has 3 aliphatic heterocycles. The highest BCUT2D eigenvalue weighted by atomic mass is 35.5. The molecule has 0 bridgehead atoms. The van der Waals surface area contributed by atoms with Crippen LogP contribution >= 0.6 is 23.2 Å². The van der Waals surface area contributed by atoms with E-state index in [1.165, 1.54) is 4.68 Å². The van der Waals surface area contributed by atoms with Crippen molar-refractivity contribution in [2.45, 2.75) is 50.9 Å². The number of nitrogens with one attached hydrogen (secondary N) is 1. The van der Waals surface area contributed by atoms with Gasteiger partial charge >= 0.3 is 6.18 Å². The molecule has 11 heteroatoms. The molecule has 192 valence electrons. The summed E-state index contributed by atoms with van der Waals surface area (Å²) in [6.45, 7) is 4.29. The van der Waals surface area contributed by atoms with Crippen LogP contribution in [-0.2, 0) is 11.0 Å². The fourth-order valence-electron chi connectivity index (χ4n) is 5.19. The minimum absolute atomic E-state index is 0.0855. The molecule has 6 nitrogen and oxygen atoms in total. The first-order valence-corrected chi connectivity index (χ1v) is 12.7. The lowest BCUT2D eigenvalue weighted by atomic mass is 9.94. The molecule has 2 atom stereocenters. The number of nitrogens with zero attached hydrogens (tertiary/aromatic N) is 4. The number of carbonyl (C=O) groups is 1. The summed E-state index contributed by atoms with van der Waals surface area (Å²) in [4.78, 5) is 18.1. The Morgan fingerprint density at radius 3 is 2.56 bits per heavy atom. The van der Waals surface area contributed by atoms with Crippen molar-refractivity contribution in [2.75, 3.05) is 25.0 Å². The summed E-state index contributed by atoms with van der Waals surface area (Å²) in [7, 11) is 0. The molecule has 36 heavy (non-hydrogen) atoms. The van der Waals surface area contributed by atoms with Gasteiger partial charge in [0, 0.05) is 31.4 Å². The maximum absolute atomic E-state index is 14.0. The van der Waals surface area contributed by atoms with Gasteiger partial charge in [-0.2, -0.15) is 18.3 Å². The first kappa shape index (κ1) is 25.0. The normalized spacial score (nSPS) is 22.5. The van der Waals surface area contributed by atoms with E-state index in [-0.39, 0.29) is 22.8 Å². The Kier molecular flexibility index (Phi) is 6.72. The number of amides is 1. The standard InChI is InChI=1S/C25H26Cl2F3N5O/c1-15-22(24(36)34-11-4-5-17(34)8-12-33-9-2-3-10-33)23(16-6-7-18(26)19(27)13-16)35-21(31-15)14-20(32-35)25(28,29)30/h6-8,12-14,17,23,31H,2-5,9-11H2,1H3/b12-8+. The Morgan fingerprint density at radius 2 is 1.86 bits per heavy atom. The van der Waals surface area contributed by atoms with Crippen LogP contribution in [0.3, 0.4) is 0 Å². The van der Waals surface area contributed by atoms with Gasteiger partial charge in [0.15, 0.2) is 5.69 Å². The lowest BCUT2D eigenvalue weighted by Crippen LogP contribution is -2.40. The lowest BCUT2D eigenvalue weighted by Gasteiger charge is -2.33. The molecule has 3 aliphatic rings. The first-order valence-electron chi connectivity index (χ1n) is 12.0. The molecule has 5 rings (SSSR count). The third-order valence-electron chi connectivity index (χ3n) is 6.97. The Balaban J connectivity index is 1.54. The molecule has 1 aromatic carbocycles. The second-order valence-corrected chi connectivity index (χ2v) is 10.2. The number of alkyl halides is 3. The van der Waals surface area contributed by atoms with E-state index in [9.17, 15) is 18.0 Å². The molecular formula is C25H26Cl2F3N5O. The van der Waals surface area contributed by atoms with Gasteiger partial charge in [-0.3, -0.25) is 4.79 Å². The molecule has 0 saturated carbocycles. The summed E-state index contributed by atoms with van der Waals surface area (Å²) in [5.74, 6) is -0.0845. The van der Waals surface area contributed by atoms with Gasteiger partial charge in [-0.15, -0.1) is 0 Å². The number of carbonyl (C=O) groups excluding carboxylic acids is 1. The molecule has 1 amide bonds. The van der Waals surface area contributed by atoms with Gasteiger partial charge in [0.2, 0.25) is 0 Å². The predicted molar refractivity (Wildman–Crippen MR) is 133 cm³/mol. The fourth-order valence-corrected chi connectivity index (χ4v) is 5.50. The zero-order valence-corrected chi connectivity index (χ0v) is 21.2. The van der Waals surface area contributed by atoms with E-state index in [0.717, 1.165) is 44.8 Å². The average molecular weight is 540 g/mol. The number of fused-ring (bicyclic) bond motifs is 1. The monoisotopic (exact) mass is 539 g/mol. The summed E-state index contributed by atoms with van der Waals surface area (Å²) in [6, 6.07) is 4.78. The summed E-state index contributed by atoms with van der Waals surface area (Å²) >= 11 is 12.4. The van der Waals surface area contributed by atoms with Crippen LogP contribution in [0.2, 0.25) is 10.0 Å². The molecule has 1 aromatic heterocycles. The molecule has 0 spiro atoms. The van der Waals surface area contributed by atoms with E-state index in [0.29, 0.717) is 28.4 Å². The van der Waals surface area contributed by atoms with Gasteiger partial charge in [-0.05, 0) is 62.6 Å². The summed E-state index contributed by atoms with van der Waals surface area (Å²) in [5, 5.41) is 7.39. The van der Waals surface area contributed by atoms with Crippen molar-refractivity contribution in [2.24, 2.45) is 0 Å². The van der Waals surface area contributed by atoms with E-state index in [1.54, 1.807) is 30.0 Å². The smallest absolute Gasteiger partial charge is 0.378 e. The van der Waals surface area contributed by atoms with Gasteiger partial charge in [-0.1, -0.05) is 29.3 Å². The van der Waals surface area contributed by atoms with Crippen molar-refractivity contribution in [3.05, 3.63) is 69.1 Å². The molecule has 2 fully saturated rings. The van der Waals surface area contributed by atoms with Crippen molar-refractivity contribution in [1.82, 2.24) is 19.6 Å². The molecular weight excluding hydrogens is 514 g/mol. The van der Waals surface area contributed by atoms with Crippen molar-refractivity contribution in [1.29, 1.82) is 0 Å². The first-order chi connectivity index (χ1) is 17.1. The second kappa shape index (κ2) is 9.67. The maximum Gasteiger partial charge on any atom is 0.435 e. The Hall–Kier alpha value is -2.65. The van der Waals surface area contributed by atoms with Crippen LogP contribution in [-0.4, -0.2) is 51.2 Å². The number of benzene rings is 1. The zero-order valence-electron chi connectivity index (χ0n) is 19.7. The van der Waals surface area contributed by atoms with Crippen molar-refractivity contribution >= 4 is 34.9 Å². The number of hydrogen-bond acceptors (Lipinski definition) is 4. The van der Waals surface area contributed by atoms with E-state index in [1.807, 2.05) is 0 Å². The topological polar surface area (TPSA) is 53.4 Å². The van der Waals surface area contributed by atoms with Crippen LogP contribution in [0.15, 0.2) is 47.8 Å². The van der Waals surface area contributed by atoms with Gasteiger partial charge in [0.25, 0.3) is 5.91 Å². The van der Waals surface area contributed by atoms with Crippen LogP contribution in [0.25, 0.3) is 0 Å². The SMILES string of the molecule is CC1=C(C(=O)N2CCCC2/C=C/N2CCCC2)C(c2ccc(Cl)c(Cl)c2)n2nc(C(F)(F)F)cc2N1. The number of allylic oxidation sites excluding steroid dienone is 1. The minimum Gasteiger partial charge on any atom is -0.378 e. The van der Waals surface area contributed by atoms with E-state index in [2.05, 4.69) is 27.6 Å². The second-order valence-electron chi connectivity index (χ2n) is 9.39. The van der Waals surface area contributed by atoms with E-state index < -0.39 is 17.9 Å². The van der Waals surface area contributed by atoms with Crippen LogP contribution in [0, 0.1) is 0 Å². The molecule has 0 aliphatic carbocycles. The number of anilines is 1. The van der Waals surface area contributed by atoms with Crippen LogP contribution < -0.4 is 5.32 Å². The summed E-state index contributed by atoms with van der Waals surface area (Å²) in [6.07, 6.45) is 3.51. The van der Waals surface area contributed by atoms with Gasteiger partial charge in [0.05, 0.1) is 21.7 Å². The summed E-state index contributed by atoms with van der Waals surface area (Å²) < 4.78 is 41.8. The lowest BCUT2D eigenvalue weighted by molar-refractivity contribution is -0.141. The third-order valence-corrected chi connectivity index (χ3v) is 7.71. The molecule has 2 aromatic rings. The number of hydrogen-bond donors (Lipinski definition) is 1. The Morgan fingerprint density at radius 1 is 1.11 bits per heavy atom. The zero-order chi connectivity index (χ0) is 25.6. The molecule has 4 heterocycles. The largest absolute Gasteiger partial charge is 0.435 e. The molecule has 1 N–H and O–H groups in total. The highest BCUT2D eigenvalue weighted by Crippen LogP contribution is 2.41. The fraction of sp³-hybridized carbons (Fsp3) is 0.440. The van der Waals surface area contributed by atoms with Gasteiger partial charge < -0.3 is 15.1 Å². The van der Waals surface area contributed by atoms with Crippen LogP contribution in [0.5, 0.6) is 0 Å². The predicted octanol–water partition coefficient (Wildman–Crippen LogP) is 6.10. The average Bonchev–Trinajstić information content (AvgIpc) is 3.58. The van der Waals surface area contributed by atoms with Gasteiger partial charge in [-0.25, -0.2) is 4.68 Å². The van der Waals surface area contributed by atoms with Crippen LogP contribution in [0.4, 0.5) is 19.0 Å². The van der Waals surface area contributed by atoms with Crippen molar-refractivity contribution < 1.29 is 18.0 Å². The number of halogens is 5. The maximum atomic E-state index is 14.0. The van der Waals surface area contributed by atoms with E-state index in [4.69, 9.17) is 23.2 Å². The number of rotatable bonds is 4. The molecule has 0 radical (unpaired) electrons. The van der Waals surface area contributed by atoms with E-state index >= 15 is 0 Å². The highest BCUT2D eigenvalue weighted by Gasteiger charge is 2.41. The van der Waals surface area contributed by atoms with Gasteiger partial charge in [0.1, 0.15) is 11.9 Å². The highest BCUT2D eigenvalue weighted by molar-refractivity contribution is 6.42. The summed E-state index contributed by atoms with van der Waals surface area (Å²) in [5.41, 5.74) is 0.296. The van der Waals surface area contributed by atoms with Crippen molar-refractivity contribution in [3.8, 4) is 0 Å². The molecule has 2 saturated heterocycles. The van der Waals surface area contributed by atoms with Crippen LogP contribution in [0.1, 0.15) is 49.9 Å². The Labute approximate surface area is 217 Å². The quantitative estimate of drug-likeness (QED) is 0.510.